The molecule has 29 heavy (non-hydrogen) atoms. The fraction of sp³-hybridized carbons (Fsp3) is 0.625. The van der Waals surface area contributed by atoms with Crippen LogP contribution in [0.4, 0.5) is 0 Å². The van der Waals surface area contributed by atoms with Crippen molar-refractivity contribution in [2.45, 2.75) is 78.7 Å². The number of pyridine rings is 1. The molecule has 0 aliphatic carbocycles. The molecule has 0 saturated heterocycles. The third-order valence-corrected chi connectivity index (χ3v) is 5.10. The molecule has 0 atom stereocenters. The van der Waals surface area contributed by atoms with E-state index in [4.69, 9.17) is 14.2 Å². The third kappa shape index (κ3) is 6.15. The number of methoxy groups -OCH3 is 1. The van der Waals surface area contributed by atoms with Crippen molar-refractivity contribution < 1.29 is 14.2 Å². The minimum absolute atomic E-state index is 0.131. The van der Waals surface area contributed by atoms with Crippen LogP contribution in [0.1, 0.15) is 72.1 Å². The molecule has 162 valence electrons. The van der Waals surface area contributed by atoms with Gasteiger partial charge in [-0.15, -0.1) is 0 Å². The Labute approximate surface area is 175 Å². The number of benzene rings is 1. The zero-order valence-corrected chi connectivity index (χ0v) is 18.6. The first-order valence-electron chi connectivity index (χ1n) is 11.2. The Bertz CT molecular complexity index is 813. The first kappa shape index (κ1) is 23.1. The first-order chi connectivity index (χ1) is 14.2. The molecule has 0 aliphatic rings. The number of hydrogen-bond acceptors (Lipinski definition) is 4. The Kier molecular flexibility index (Phi) is 9.89. The summed E-state index contributed by atoms with van der Waals surface area (Å²) < 4.78 is 19.2. The molecular formula is C24H37NO4. The molecule has 2 aromatic rings. The highest BCUT2D eigenvalue weighted by Crippen LogP contribution is 2.35. The van der Waals surface area contributed by atoms with E-state index in [-0.39, 0.29) is 5.56 Å². The number of rotatable bonds is 14. The molecule has 0 bridgehead atoms. The molecule has 1 aromatic heterocycles. The molecule has 0 fully saturated rings. The fourth-order valence-corrected chi connectivity index (χ4v) is 3.36. The summed E-state index contributed by atoms with van der Waals surface area (Å²) in [4.78, 5) is 13.2. The van der Waals surface area contributed by atoms with E-state index in [1.165, 1.54) is 12.8 Å². The Balaban J connectivity index is 2.50. The summed E-state index contributed by atoms with van der Waals surface area (Å²) in [5.74, 6) is 1.63. The summed E-state index contributed by atoms with van der Waals surface area (Å²) in [5, 5.41) is 0.899. The fourth-order valence-electron chi connectivity index (χ4n) is 3.36. The molecule has 1 heterocycles. The summed E-state index contributed by atoms with van der Waals surface area (Å²) in [6.07, 6.45) is 8.47. The zero-order valence-electron chi connectivity index (χ0n) is 18.6. The monoisotopic (exact) mass is 403 g/mol. The van der Waals surface area contributed by atoms with Crippen molar-refractivity contribution in [1.29, 1.82) is 0 Å². The molecule has 0 amide bonds. The maximum Gasteiger partial charge on any atom is 0.297 e. The molecule has 5 nitrogen and oxygen atoms in total. The minimum atomic E-state index is -0.131. The molecule has 1 aromatic carbocycles. The van der Waals surface area contributed by atoms with Gasteiger partial charge in [-0.2, -0.15) is 0 Å². The van der Waals surface area contributed by atoms with Crippen LogP contribution in [0.15, 0.2) is 23.0 Å². The lowest BCUT2D eigenvalue weighted by molar-refractivity contribution is 0.288. The van der Waals surface area contributed by atoms with Crippen LogP contribution < -0.4 is 19.8 Å². The van der Waals surface area contributed by atoms with Crippen molar-refractivity contribution in [3.8, 4) is 17.2 Å². The van der Waals surface area contributed by atoms with E-state index in [9.17, 15) is 4.79 Å². The van der Waals surface area contributed by atoms with Crippen LogP contribution >= 0.6 is 0 Å². The van der Waals surface area contributed by atoms with Crippen molar-refractivity contribution in [3.05, 3.63) is 28.6 Å². The lowest BCUT2D eigenvalue weighted by Crippen LogP contribution is -2.23. The van der Waals surface area contributed by atoms with Crippen LogP contribution in [0, 0.1) is 0 Å². The highest BCUT2D eigenvalue weighted by Gasteiger charge is 2.19. The number of unbranched alkanes of at least 4 members (excludes halogenated alkanes) is 5. The predicted octanol–water partition coefficient (Wildman–Crippen LogP) is 5.95. The molecule has 0 unspecified atom stereocenters. The second kappa shape index (κ2) is 12.4. The van der Waals surface area contributed by atoms with Crippen LogP contribution in [-0.4, -0.2) is 24.9 Å². The van der Waals surface area contributed by atoms with Gasteiger partial charge < -0.3 is 18.8 Å². The van der Waals surface area contributed by atoms with Crippen LogP contribution in [-0.2, 0) is 6.54 Å². The molecule has 0 N–H and O–H groups in total. The van der Waals surface area contributed by atoms with Crippen LogP contribution in [0.2, 0.25) is 0 Å². The second-order valence-electron chi connectivity index (χ2n) is 7.46. The van der Waals surface area contributed by atoms with E-state index in [1.54, 1.807) is 7.11 Å². The lowest BCUT2D eigenvalue weighted by Gasteiger charge is -2.18. The van der Waals surface area contributed by atoms with Crippen molar-refractivity contribution in [2.24, 2.45) is 0 Å². The van der Waals surface area contributed by atoms with Gasteiger partial charge in [0.1, 0.15) is 5.75 Å². The second-order valence-corrected chi connectivity index (χ2v) is 7.46. The quantitative estimate of drug-likeness (QED) is 0.366. The molecule has 0 aliphatic heterocycles. The van der Waals surface area contributed by atoms with Crippen LogP contribution in [0.3, 0.4) is 0 Å². The highest BCUT2D eigenvalue weighted by molar-refractivity contribution is 5.89. The maximum absolute atomic E-state index is 13.2. The van der Waals surface area contributed by atoms with E-state index in [2.05, 4.69) is 20.8 Å². The Morgan fingerprint density at radius 2 is 1.52 bits per heavy atom. The number of nitrogens with zero attached hydrogens (tertiary/aromatic N) is 1. The number of ether oxygens (including phenoxy) is 3. The third-order valence-electron chi connectivity index (χ3n) is 5.10. The molecule has 0 radical (unpaired) electrons. The van der Waals surface area contributed by atoms with Crippen molar-refractivity contribution >= 4 is 10.9 Å². The van der Waals surface area contributed by atoms with E-state index >= 15 is 0 Å². The molecular weight excluding hydrogens is 366 g/mol. The normalized spacial score (nSPS) is 11.0. The number of aromatic nitrogens is 1. The topological polar surface area (TPSA) is 49.7 Å². The molecule has 0 saturated carbocycles. The van der Waals surface area contributed by atoms with Crippen molar-refractivity contribution in [1.82, 2.24) is 4.57 Å². The molecule has 0 spiro atoms. The van der Waals surface area contributed by atoms with Gasteiger partial charge in [-0.25, -0.2) is 0 Å². The van der Waals surface area contributed by atoms with Crippen LogP contribution in [0.25, 0.3) is 10.9 Å². The number of hydrogen-bond donors (Lipinski definition) is 0. The Morgan fingerprint density at radius 3 is 2.17 bits per heavy atom. The largest absolute Gasteiger partial charge is 0.494 e. The highest BCUT2D eigenvalue weighted by atomic mass is 16.5. The van der Waals surface area contributed by atoms with Gasteiger partial charge >= 0.3 is 0 Å². The summed E-state index contributed by atoms with van der Waals surface area (Å²) in [6.45, 7) is 8.36. The van der Waals surface area contributed by atoms with Gasteiger partial charge in [-0.1, -0.05) is 52.9 Å². The predicted molar refractivity (Wildman–Crippen MR) is 120 cm³/mol. The molecule has 5 heteroatoms. The number of aryl methyl sites for hydroxylation is 1. The summed E-state index contributed by atoms with van der Waals surface area (Å²) in [7, 11) is 1.54. The van der Waals surface area contributed by atoms with Gasteiger partial charge in [0.15, 0.2) is 5.75 Å². The zero-order chi connectivity index (χ0) is 21.1. The average molecular weight is 404 g/mol. The van der Waals surface area contributed by atoms with E-state index in [1.807, 2.05) is 22.8 Å². The van der Waals surface area contributed by atoms with Crippen molar-refractivity contribution in [3.63, 3.8) is 0 Å². The smallest absolute Gasteiger partial charge is 0.297 e. The van der Waals surface area contributed by atoms with E-state index in [0.29, 0.717) is 31.3 Å². The molecule has 2 rings (SSSR count). The van der Waals surface area contributed by atoms with Gasteiger partial charge in [0.2, 0.25) is 5.75 Å². The number of fused-ring (bicyclic) bond motifs is 1. The summed E-state index contributed by atoms with van der Waals surface area (Å²) in [6, 6.07) is 5.91. The lowest BCUT2D eigenvalue weighted by atomic mass is 10.1. The summed E-state index contributed by atoms with van der Waals surface area (Å²) in [5.41, 5.74) is 0.724. The summed E-state index contributed by atoms with van der Waals surface area (Å²) >= 11 is 0. The van der Waals surface area contributed by atoms with Gasteiger partial charge in [0.05, 0.1) is 25.8 Å². The van der Waals surface area contributed by atoms with E-state index < -0.39 is 0 Å². The Morgan fingerprint density at radius 1 is 0.828 bits per heavy atom. The van der Waals surface area contributed by atoms with Gasteiger partial charge in [0, 0.05) is 18.0 Å². The minimum Gasteiger partial charge on any atom is -0.494 e. The van der Waals surface area contributed by atoms with Gasteiger partial charge in [-0.3, -0.25) is 4.79 Å². The van der Waals surface area contributed by atoms with E-state index in [0.717, 1.165) is 55.2 Å². The van der Waals surface area contributed by atoms with Crippen LogP contribution in [0.5, 0.6) is 17.2 Å². The average Bonchev–Trinajstić information content (AvgIpc) is 2.73. The van der Waals surface area contributed by atoms with Gasteiger partial charge in [0.25, 0.3) is 5.56 Å². The first-order valence-corrected chi connectivity index (χ1v) is 11.2. The maximum atomic E-state index is 13.2. The standard InChI is InChI=1S/C24H37NO4/c1-5-8-11-12-15-25-21-18-19(28-16-9-6-2)13-14-20(21)22(29-17-10-7-3)23(27-4)24(25)26/h13-14,18H,5-12,15-17H2,1-4H3. The Hall–Kier alpha value is -2.17. The van der Waals surface area contributed by atoms with Crippen molar-refractivity contribution in [2.75, 3.05) is 20.3 Å². The SMILES string of the molecule is CCCCCCn1c(=O)c(OC)c(OCCCC)c2ccc(OCCCC)cc21. The van der Waals surface area contributed by atoms with Gasteiger partial charge in [-0.05, 0) is 31.4 Å².